The number of carbonyl (C=O) groups is 1. The minimum absolute atomic E-state index is 0.0303. The molecule has 0 saturated heterocycles. The number of esters is 1. The van der Waals surface area contributed by atoms with Crippen LogP contribution in [0, 0.1) is 0 Å². The van der Waals surface area contributed by atoms with Gasteiger partial charge in [-0.15, -0.1) is 11.3 Å². The minimum atomic E-state index is -0.605. The van der Waals surface area contributed by atoms with Crippen molar-refractivity contribution < 1.29 is 9.53 Å². The second-order valence-electron chi connectivity index (χ2n) is 4.40. The summed E-state index contributed by atoms with van der Waals surface area (Å²) in [5, 5.41) is 3.24. The van der Waals surface area contributed by atoms with Crippen molar-refractivity contribution in [1.82, 2.24) is 4.98 Å². The number of pyridine rings is 1. The van der Waals surface area contributed by atoms with E-state index in [9.17, 15) is 4.79 Å². The van der Waals surface area contributed by atoms with Crippen LogP contribution < -0.4 is 5.73 Å². The lowest BCUT2D eigenvalue weighted by Crippen LogP contribution is -2.08. The maximum absolute atomic E-state index is 11.8. The molecular formula is C15H11ClN2O2S. The third-order valence-electron chi connectivity index (χ3n) is 3.12. The summed E-state index contributed by atoms with van der Waals surface area (Å²) >= 11 is 7.65. The molecule has 0 fully saturated rings. The molecule has 2 N–H and O–H groups in total. The first kappa shape index (κ1) is 13.9. The fourth-order valence-electron chi connectivity index (χ4n) is 2.11. The summed E-state index contributed by atoms with van der Waals surface area (Å²) in [4.78, 5) is 16.1. The largest absolute Gasteiger partial charge is 0.464 e. The first-order chi connectivity index (χ1) is 10.1. The maximum Gasteiger partial charge on any atom is 0.358 e. The van der Waals surface area contributed by atoms with Crippen LogP contribution in [-0.2, 0) is 4.74 Å². The van der Waals surface area contributed by atoms with Gasteiger partial charge in [0.15, 0.2) is 5.69 Å². The Morgan fingerprint density at radius 1 is 1.38 bits per heavy atom. The van der Waals surface area contributed by atoms with Gasteiger partial charge in [-0.25, -0.2) is 9.78 Å². The van der Waals surface area contributed by atoms with E-state index in [1.54, 1.807) is 17.4 Å². The van der Waals surface area contributed by atoms with Crippen LogP contribution in [0.1, 0.15) is 10.5 Å². The predicted molar refractivity (Wildman–Crippen MR) is 85.8 cm³/mol. The molecule has 2 aromatic heterocycles. The smallest absolute Gasteiger partial charge is 0.358 e. The highest BCUT2D eigenvalue weighted by Crippen LogP contribution is 2.34. The van der Waals surface area contributed by atoms with E-state index in [0.29, 0.717) is 11.4 Å². The van der Waals surface area contributed by atoms with Crippen molar-refractivity contribution in [1.29, 1.82) is 0 Å². The number of aromatic nitrogens is 1. The molecule has 0 aliphatic heterocycles. The molecule has 4 nitrogen and oxygen atoms in total. The zero-order chi connectivity index (χ0) is 15.0. The lowest BCUT2D eigenvalue weighted by atomic mass is 10.1. The van der Waals surface area contributed by atoms with Gasteiger partial charge in [0.25, 0.3) is 0 Å². The summed E-state index contributed by atoms with van der Waals surface area (Å²) < 4.78 is 5.78. The van der Waals surface area contributed by atoms with Crippen LogP contribution in [0.15, 0.2) is 35.7 Å². The van der Waals surface area contributed by atoms with E-state index < -0.39 is 5.97 Å². The number of hydrogen-bond acceptors (Lipinski definition) is 5. The van der Waals surface area contributed by atoms with Crippen LogP contribution in [-0.4, -0.2) is 18.1 Å². The highest BCUT2D eigenvalue weighted by molar-refractivity contribution is 7.17. The lowest BCUT2D eigenvalue weighted by molar-refractivity contribution is 0.0594. The number of fused-ring (bicyclic) bond motifs is 1. The molecular weight excluding hydrogens is 308 g/mol. The molecule has 3 rings (SSSR count). The van der Waals surface area contributed by atoms with Gasteiger partial charge in [-0.05, 0) is 22.9 Å². The molecule has 2 heterocycles. The van der Waals surface area contributed by atoms with Crippen LogP contribution in [0.4, 0.5) is 5.69 Å². The first-order valence-electron chi connectivity index (χ1n) is 6.12. The van der Waals surface area contributed by atoms with Crippen LogP contribution in [0.5, 0.6) is 0 Å². The Kier molecular flexibility index (Phi) is 3.53. The Labute approximate surface area is 130 Å². The maximum atomic E-state index is 11.8. The SMILES string of the molecule is COC(=O)c1nc(-c2cccc3ccsc23)cc(N)c1Cl. The molecule has 6 heteroatoms. The lowest BCUT2D eigenvalue weighted by Gasteiger charge is -2.09. The highest BCUT2D eigenvalue weighted by Gasteiger charge is 2.18. The molecule has 0 spiro atoms. The van der Waals surface area contributed by atoms with Gasteiger partial charge in [0.05, 0.1) is 23.5 Å². The predicted octanol–water partition coefficient (Wildman–Crippen LogP) is 3.99. The number of benzene rings is 1. The van der Waals surface area contributed by atoms with Crippen LogP contribution in [0.2, 0.25) is 5.02 Å². The van der Waals surface area contributed by atoms with Crippen molar-refractivity contribution in [3.05, 3.63) is 46.4 Å². The van der Waals surface area contributed by atoms with Gasteiger partial charge in [0, 0.05) is 10.3 Å². The number of halogens is 1. The normalized spacial score (nSPS) is 10.8. The quantitative estimate of drug-likeness (QED) is 0.726. The van der Waals surface area contributed by atoms with E-state index in [2.05, 4.69) is 4.98 Å². The van der Waals surface area contributed by atoms with Gasteiger partial charge < -0.3 is 10.5 Å². The molecule has 0 radical (unpaired) electrons. The summed E-state index contributed by atoms with van der Waals surface area (Å²) in [5.74, 6) is -0.605. The monoisotopic (exact) mass is 318 g/mol. The molecule has 0 aliphatic rings. The zero-order valence-electron chi connectivity index (χ0n) is 11.1. The third kappa shape index (κ3) is 2.34. The summed E-state index contributed by atoms with van der Waals surface area (Å²) in [6.45, 7) is 0. The fourth-order valence-corrected chi connectivity index (χ4v) is 3.21. The van der Waals surface area contributed by atoms with Gasteiger partial charge in [0.1, 0.15) is 0 Å². The van der Waals surface area contributed by atoms with Crippen molar-refractivity contribution in [3.63, 3.8) is 0 Å². The fraction of sp³-hybridized carbons (Fsp3) is 0.0667. The Morgan fingerprint density at radius 2 is 2.19 bits per heavy atom. The second kappa shape index (κ2) is 5.35. The van der Waals surface area contributed by atoms with Crippen molar-refractivity contribution in [2.24, 2.45) is 0 Å². The van der Waals surface area contributed by atoms with Gasteiger partial charge in [-0.1, -0.05) is 29.8 Å². The van der Waals surface area contributed by atoms with Crippen molar-refractivity contribution in [2.45, 2.75) is 0 Å². The molecule has 0 aliphatic carbocycles. The average Bonchev–Trinajstić information content (AvgIpc) is 2.97. The van der Waals surface area contributed by atoms with E-state index in [-0.39, 0.29) is 10.7 Å². The number of methoxy groups -OCH3 is 1. The second-order valence-corrected chi connectivity index (χ2v) is 5.69. The topological polar surface area (TPSA) is 65.2 Å². The molecule has 0 bridgehead atoms. The van der Waals surface area contributed by atoms with E-state index in [4.69, 9.17) is 22.1 Å². The summed E-state index contributed by atoms with van der Waals surface area (Å²) in [5.41, 5.74) is 7.74. The number of nitrogens with two attached hydrogens (primary N) is 1. The summed E-state index contributed by atoms with van der Waals surface area (Å²) in [7, 11) is 1.28. The van der Waals surface area contributed by atoms with E-state index in [1.807, 2.05) is 29.6 Å². The van der Waals surface area contributed by atoms with Gasteiger partial charge >= 0.3 is 5.97 Å². The Balaban J connectivity index is 2.26. The third-order valence-corrected chi connectivity index (χ3v) is 4.48. The number of ether oxygens (including phenoxy) is 1. The number of rotatable bonds is 2. The standard InChI is InChI=1S/C15H11ClN2O2S/c1-20-15(19)13-12(16)10(17)7-11(18-13)9-4-2-3-8-5-6-21-14(8)9/h2-7H,1H3,(H2,17,18). The summed E-state index contributed by atoms with van der Waals surface area (Å²) in [6, 6.07) is 9.60. The Morgan fingerprint density at radius 3 is 2.95 bits per heavy atom. The number of carbonyl (C=O) groups excluding carboxylic acids is 1. The van der Waals surface area contributed by atoms with E-state index >= 15 is 0 Å². The first-order valence-corrected chi connectivity index (χ1v) is 7.38. The Hall–Kier alpha value is -2.11. The van der Waals surface area contributed by atoms with E-state index in [1.165, 1.54) is 7.11 Å². The molecule has 0 amide bonds. The molecule has 1 aromatic carbocycles. The van der Waals surface area contributed by atoms with Crippen LogP contribution in [0.3, 0.4) is 0 Å². The van der Waals surface area contributed by atoms with Crippen molar-refractivity contribution >= 4 is 44.7 Å². The Bertz CT molecular complexity index is 845. The molecule has 106 valence electrons. The molecule has 3 aromatic rings. The number of thiophene rings is 1. The number of hydrogen-bond donors (Lipinski definition) is 1. The van der Waals surface area contributed by atoms with Crippen LogP contribution >= 0.6 is 22.9 Å². The van der Waals surface area contributed by atoms with E-state index in [0.717, 1.165) is 15.6 Å². The average molecular weight is 319 g/mol. The molecule has 21 heavy (non-hydrogen) atoms. The zero-order valence-corrected chi connectivity index (χ0v) is 12.7. The minimum Gasteiger partial charge on any atom is -0.464 e. The summed E-state index contributed by atoms with van der Waals surface area (Å²) in [6.07, 6.45) is 0. The number of nitrogen functional groups attached to an aromatic ring is 1. The van der Waals surface area contributed by atoms with Crippen LogP contribution in [0.25, 0.3) is 21.3 Å². The molecule has 0 atom stereocenters. The number of nitrogens with zero attached hydrogens (tertiary/aromatic N) is 1. The van der Waals surface area contributed by atoms with Crippen molar-refractivity contribution in [3.8, 4) is 11.3 Å². The van der Waals surface area contributed by atoms with Crippen molar-refractivity contribution in [2.75, 3.05) is 12.8 Å². The molecule has 0 unspecified atom stereocenters. The van der Waals surface area contributed by atoms with Gasteiger partial charge in [0.2, 0.25) is 0 Å². The highest BCUT2D eigenvalue weighted by atomic mass is 35.5. The van der Waals surface area contributed by atoms with Gasteiger partial charge in [-0.3, -0.25) is 0 Å². The van der Waals surface area contributed by atoms with Gasteiger partial charge in [-0.2, -0.15) is 0 Å². The number of anilines is 1. The molecule has 0 saturated carbocycles.